The summed E-state index contributed by atoms with van der Waals surface area (Å²) in [6.45, 7) is 2.57. The molecule has 4 rings (SSSR count). The molecule has 8 nitrogen and oxygen atoms in total. The second kappa shape index (κ2) is 13.3. The Bertz CT molecular complexity index is 1530. The van der Waals surface area contributed by atoms with Crippen molar-refractivity contribution >= 4 is 32.7 Å². The quantitative estimate of drug-likeness (QED) is 0.252. The number of likely N-dealkylation sites (N-methyl/N-ethyl adjacent to an activating group) is 1. The van der Waals surface area contributed by atoms with Crippen LogP contribution in [0.15, 0.2) is 79.0 Å². The number of sulfonamides is 1. The molecule has 4 aromatic rings. The highest BCUT2D eigenvalue weighted by atomic mass is 32.2. The van der Waals surface area contributed by atoms with E-state index in [0.29, 0.717) is 16.7 Å². The molecule has 3 aromatic carbocycles. The first-order valence-electron chi connectivity index (χ1n) is 12.6. The second-order valence-electron chi connectivity index (χ2n) is 9.59. The summed E-state index contributed by atoms with van der Waals surface area (Å²) in [5.41, 5.74) is 4.81. The molecule has 0 amide bonds. The maximum Gasteiger partial charge on any atom is 0.310 e. The number of aromatic amines is 1. The third-order valence-electron chi connectivity index (χ3n) is 6.38. The van der Waals surface area contributed by atoms with Crippen LogP contribution in [0.3, 0.4) is 0 Å². The van der Waals surface area contributed by atoms with Crippen LogP contribution < -0.4 is 4.72 Å². The lowest BCUT2D eigenvalue weighted by atomic mass is 9.96. The molecule has 0 radical (unpaired) electrons. The van der Waals surface area contributed by atoms with Crippen molar-refractivity contribution in [1.82, 2.24) is 14.6 Å². The van der Waals surface area contributed by atoms with E-state index >= 15 is 0 Å². The molecule has 1 aromatic heterocycles. The number of ketones is 1. The highest BCUT2D eigenvalue weighted by molar-refractivity contribution is 7.88. The smallest absolute Gasteiger partial charge is 0.310 e. The lowest BCUT2D eigenvalue weighted by Gasteiger charge is -2.08. The molecule has 1 atom stereocenters. The number of nitrogens with one attached hydrogen (secondary N) is 2. The average molecular weight is 550 g/mol. The predicted octanol–water partition coefficient (Wildman–Crippen LogP) is 4.43. The number of carboxylic acid groups (broad SMARTS) is 1. The number of carbonyl (C=O) groups is 2. The van der Waals surface area contributed by atoms with Gasteiger partial charge in [-0.1, -0.05) is 54.6 Å². The number of nitrogens with zero attached hydrogens (tertiary/aromatic N) is 1. The number of aromatic nitrogens is 1. The van der Waals surface area contributed by atoms with Crippen LogP contribution in [0.5, 0.6) is 0 Å². The Hall–Kier alpha value is -3.79. The molecule has 0 bridgehead atoms. The molecule has 0 fully saturated rings. The van der Waals surface area contributed by atoms with E-state index in [2.05, 4.69) is 14.6 Å². The van der Waals surface area contributed by atoms with Crippen LogP contribution >= 0.6 is 0 Å². The number of hydrogen-bond acceptors (Lipinski definition) is 5. The van der Waals surface area contributed by atoms with Gasteiger partial charge in [-0.15, -0.1) is 0 Å². The molecule has 0 saturated carbocycles. The van der Waals surface area contributed by atoms with Gasteiger partial charge in [-0.2, -0.15) is 0 Å². The number of carboxylic acids is 1. The fraction of sp³-hybridized carbons (Fsp3) is 0.267. The van der Waals surface area contributed by atoms with Crippen LogP contribution in [-0.2, 0) is 27.0 Å². The van der Waals surface area contributed by atoms with Gasteiger partial charge in [-0.05, 0) is 69.4 Å². The van der Waals surface area contributed by atoms with Crippen LogP contribution in [-0.4, -0.2) is 62.8 Å². The second-order valence-corrected chi connectivity index (χ2v) is 11.5. The minimum atomic E-state index is -3.23. The molecule has 0 aliphatic carbocycles. The number of benzene rings is 3. The monoisotopic (exact) mass is 549 g/mol. The topological polar surface area (TPSA) is 120 Å². The van der Waals surface area contributed by atoms with Crippen LogP contribution in [0.4, 0.5) is 0 Å². The van der Waals surface area contributed by atoms with Gasteiger partial charge in [0.2, 0.25) is 10.0 Å². The lowest BCUT2D eigenvalue weighted by molar-refractivity contribution is -0.138. The van der Waals surface area contributed by atoms with E-state index in [-0.39, 0.29) is 11.5 Å². The molecule has 9 heteroatoms. The summed E-state index contributed by atoms with van der Waals surface area (Å²) < 4.78 is 25.6. The number of hydrogen-bond donors (Lipinski definition) is 3. The van der Waals surface area contributed by atoms with Crippen molar-refractivity contribution in [2.75, 3.05) is 27.7 Å². The average Bonchev–Trinajstić information content (AvgIpc) is 3.33. The summed E-state index contributed by atoms with van der Waals surface area (Å²) in [5, 5.41) is 10.1. The van der Waals surface area contributed by atoms with Crippen molar-refractivity contribution in [2.24, 2.45) is 0 Å². The van der Waals surface area contributed by atoms with Crippen molar-refractivity contribution in [2.45, 2.75) is 25.0 Å². The Labute approximate surface area is 229 Å². The SMILES string of the molecule is CC(C(=O)O)c1cccc(C(=O)c2ccccc2)c1.CNS(=O)(=O)Cc1ccc2[nH]cc(CCN(C)C)c2c1. The number of fused-ring (bicyclic) bond motifs is 1. The van der Waals surface area contributed by atoms with Crippen LogP contribution in [0, 0.1) is 0 Å². The number of carbonyl (C=O) groups excluding carboxylic acids is 1. The summed E-state index contributed by atoms with van der Waals surface area (Å²) in [5.74, 6) is -1.61. The van der Waals surface area contributed by atoms with Gasteiger partial charge in [-0.25, -0.2) is 13.1 Å². The Balaban J connectivity index is 0.000000216. The van der Waals surface area contributed by atoms with Crippen LogP contribution in [0.25, 0.3) is 10.9 Å². The fourth-order valence-corrected chi connectivity index (χ4v) is 4.77. The normalized spacial score (nSPS) is 12.1. The Kier molecular flexibility index (Phi) is 10.2. The first-order valence-corrected chi connectivity index (χ1v) is 14.2. The van der Waals surface area contributed by atoms with Crippen molar-refractivity contribution in [3.8, 4) is 0 Å². The molecule has 0 saturated heterocycles. The predicted molar refractivity (Wildman–Crippen MR) is 155 cm³/mol. The molecule has 39 heavy (non-hydrogen) atoms. The summed E-state index contributed by atoms with van der Waals surface area (Å²) in [7, 11) is 2.29. The molecule has 3 N–H and O–H groups in total. The van der Waals surface area contributed by atoms with Crippen molar-refractivity contribution in [3.05, 3.63) is 107 Å². The first kappa shape index (κ1) is 29.8. The van der Waals surface area contributed by atoms with Gasteiger partial charge in [-0.3, -0.25) is 9.59 Å². The Morgan fingerprint density at radius 1 is 0.974 bits per heavy atom. The van der Waals surface area contributed by atoms with E-state index in [4.69, 9.17) is 5.11 Å². The van der Waals surface area contributed by atoms with Crippen molar-refractivity contribution in [3.63, 3.8) is 0 Å². The minimum absolute atomic E-state index is 0.0116. The van der Waals surface area contributed by atoms with E-state index in [9.17, 15) is 18.0 Å². The van der Waals surface area contributed by atoms with Crippen molar-refractivity contribution < 1.29 is 23.1 Å². The maximum atomic E-state index is 12.2. The zero-order valence-corrected chi connectivity index (χ0v) is 23.5. The highest BCUT2D eigenvalue weighted by Gasteiger charge is 2.16. The fourth-order valence-electron chi connectivity index (χ4n) is 4.01. The van der Waals surface area contributed by atoms with Gasteiger partial charge in [0.1, 0.15) is 0 Å². The zero-order valence-electron chi connectivity index (χ0n) is 22.6. The molecule has 206 valence electrons. The summed E-state index contributed by atoms with van der Waals surface area (Å²) >= 11 is 0. The van der Waals surface area contributed by atoms with E-state index in [0.717, 1.165) is 29.4 Å². The van der Waals surface area contributed by atoms with E-state index in [1.54, 1.807) is 55.5 Å². The van der Waals surface area contributed by atoms with Crippen LogP contribution in [0.2, 0.25) is 0 Å². The first-order chi connectivity index (χ1) is 18.5. The Morgan fingerprint density at radius 2 is 1.67 bits per heavy atom. The van der Waals surface area contributed by atoms with Crippen LogP contribution in [0.1, 0.15) is 45.5 Å². The zero-order chi connectivity index (χ0) is 28.6. The lowest BCUT2D eigenvalue weighted by Crippen LogP contribution is -2.20. The van der Waals surface area contributed by atoms with Gasteiger partial charge in [0.05, 0.1) is 11.7 Å². The van der Waals surface area contributed by atoms with Gasteiger partial charge < -0.3 is 15.0 Å². The summed E-state index contributed by atoms with van der Waals surface area (Å²) in [4.78, 5) is 28.6. The van der Waals surface area contributed by atoms with Gasteiger partial charge in [0.15, 0.2) is 5.78 Å². The third-order valence-corrected chi connectivity index (χ3v) is 7.72. The minimum Gasteiger partial charge on any atom is -0.481 e. The molecular weight excluding hydrogens is 514 g/mol. The van der Waals surface area contributed by atoms with E-state index < -0.39 is 21.9 Å². The van der Waals surface area contributed by atoms with Crippen molar-refractivity contribution in [1.29, 1.82) is 0 Å². The molecule has 0 aliphatic rings. The van der Waals surface area contributed by atoms with Gasteiger partial charge in [0, 0.05) is 34.8 Å². The van der Waals surface area contributed by atoms with Gasteiger partial charge >= 0.3 is 5.97 Å². The van der Waals surface area contributed by atoms with Gasteiger partial charge in [0.25, 0.3) is 0 Å². The highest BCUT2D eigenvalue weighted by Crippen LogP contribution is 2.22. The Morgan fingerprint density at radius 3 is 2.31 bits per heavy atom. The largest absolute Gasteiger partial charge is 0.481 e. The maximum absolute atomic E-state index is 12.2. The molecule has 1 heterocycles. The molecule has 0 spiro atoms. The number of aliphatic carboxylic acids is 1. The van der Waals surface area contributed by atoms with E-state index in [1.165, 1.54) is 12.6 Å². The summed E-state index contributed by atoms with van der Waals surface area (Å²) in [6, 6.07) is 21.5. The summed E-state index contributed by atoms with van der Waals surface area (Å²) in [6.07, 6.45) is 2.94. The third kappa shape index (κ3) is 8.35. The standard InChI is InChI=1S/C16H14O3.C14H21N3O2S/c1-11(16(18)19)13-8-5-9-14(10-13)15(17)12-6-3-2-4-7-12;1-15-20(18,19)10-11-4-5-14-13(8-11)12(9-16-14)6-7-17(2)3/h2-11H,1H3,(H,18,19);4-5,8-9,15-16H,6-7,10H2,1-3H3. The molecular formula is C30H35N3O5S. The van der Waals surface area contributed by atoms with E-state index in [1.807, 2.05) is 44.6 Å². The molecule has 0 aliphatic heterocycles. The number of rotatable bonds is 10. The number of H-pyrrole nitrogens is 1. The molecule has 1 unspecified atom stereocenters.